The van der Waals surface area contributed by atoms with Crippen LogP contribution in [0.3, 0.4) is 0 Å². The van der Waals surface area contributed by atoms with Gasteiger partial charge in [0.25, 0.3) is 11.8 Å². The minimum atomic E-state index is -0.764. The van der Waals surface area contributed by atoms with Gasteiger partial charge in [0.2, 0.25) is 5.91 Å². The highest BCUT2D eigenvalue weighted by atomic mass is 16.5. The minimum Gasteiger partial charge on any atom is -0.509 e. The van der Waals surface area contributed by atoms with E-state index in [0.717, 1.165) is 25.7 Å². The first-order valence-electron chi connectivity index (χ1n) is 12.1. The lowest BCUT2D eigenvalue weighted by Gasteiger charge is -2.17. The molecule has 3 amide bonds. The zero-order valence-corrected chi connectivity index (χ0v) is 20.7. The summed E-state index contributed by atoms with van der Waals surface area (Å²) in [4.78, 5) is 48.5. The molecule has 37 heavy (non-hydrogen) atoms. The molecule has 0 bridgehead atoms. The number of hydrogen-bond acceptors (Lipinski definition) is 6. The average Bonchev–Trinajstić information content (AvgIpc) is 3.15. The third-order valence-corrected chi connectivity index (χ3v) is 5.70. The fraction of sp³-hybridized carbons (Fsp3) is 0.333. The SMILES string of the molecule is CC(=O)Nc1ccc(N2CC(O)=C(C(=O)Nc3ccc(OCCCCCCCC(=O)O)cc3)C2=O)cc1. The van der Waals surface area contributed by atoms with Crippen LogP contribution in [0.25, 0.3) is 0 Å². The molecule has 1 heterocycles. The number of anilines is 3. The molecular formula is C27H31N3O7. The molecule has 4 N–H and O–H groups in total. The quantitative estimate of drug-likeness (QED) is 0.233. The predicted octanol–water partition coefficient (Wildman–Crippen LogP) is 4.25. The zero-order chi connectivity index (χ0) is 26.8. The van der Waals surface area contributed by atoms with Crippen LogP contribution in [0.15, 0.2) is 59.9 Å². The first-order chi connectivity index (χ1) is 17.7. The van der Waals surface area contributed by atoms with Gasteiger partial charge in [-0.1, -0.05) is 19.3 Å². The monoisotopic (exact) mass is 509 g/mol. The van der Waals surface area contributed by atoms with Gasteiger partial charge in [-0.05, 0) is 61.4 Å². The lowest BCUT2D eigenvalue weighted by atomic mass is 10.1. The van der Waals surface area contributed by atoms with Gasteiger partial charge in [-0.25, -0.2) is 0 Å². The maximum atomic E-state index is 12.9. The molecule has 1 aliphatic rings. The van der Waals surface area contributed by atoms with Crippen LogP contribution in [-0.2, 0) is 19.2 Å². The summed E-state index contributed by atoms with van der Waals surface area (Å²) in [6.45, 7) is 1.79. The first-order valence-corrected chi connectivity index (χ1v) is 12.1. The number of hydrogen-bond donors (Lipinski definition) is 4. The number of carbonyl (C=O) groups is 4. The van der Waals surface area contributed by atoms with Gasteiger partial charge < -0.3 is 30.5 Å². The second-order valence-electron chi connectivity index (χ2n) is 8.68. The lowest BCUT2D eigenvalue weighted by Crippen LogP contribution is -2.30. The van der Waals surface area contributed by atoms with Crippen molar-refractivity contribution in [2.24, 2.45) is 0 Å². The molecule has 0 aromatic heterocycles. The maximum absolute atomic E-state index is 12.9. The highest BCUT2D eigenvalue weighted by molar-refractivity contribution is 6.29. The number of carboxylic acids is 1. The standard InChI is InChI=1S/C27H31N3O7/c1-18(31)28-19-8-12-21(13-9-19)30-17-23(32)25(27(30)36)26(35)29-20-10-14-22(15-11-20)37-16-6-4-2-3-5-7-24(33)34/h8-15,32H,2-7,16-17H2,1H3,(H,28,31)(H,29,35)(H,33,34). The van der Waals surface area contributed by atoms with Gasteiger partial charge in [0.15, 0.2) is 0 Å². The van der Waals surface area contributed by atoms with E-state index in [9.17, 15) is 24.3 Å². The molecule has 0 atom stereocenters. The van der Waals surface area contributed by atoms with Crippen LogP contribution in [0.4, 0.5) is 17.1 Å². The van der Waals surface area contributed by atoms with E-state index in [1.807, 2.05) is 0 Å². The van der Waals surface area contributed by atoms with Crippen molar-refractivity contribution in [3.63, 3.8) is 0 Å². The summed E-state index contributed by atoms with van der Waals surface area (Å²) in [6, 6.07) is 13.2. The number of carbonyl (C=O) groups excluding carboxylic acids is 3. The number of aliphatic hydroxyl groups is 1. The molecule has 0 fully saturated rings. The van der Waals surface area contributed by atoms with Crippen molar-refractivity contribution in [2.75, 3.05) is 28.7 Å². The second kappa shape index (κ2) is 13.1. The Kier molecular flexibility index (Phi) is 9.65. The fourth-order valence-electron chi connectivity index (χ4n) is 3.85. The van der Waals surface area contributed by atoms with Crippen molar-refractivity contribution < 1.29 is 34.1 Å². The van der Waals surface area contributed by atoms with Gasteiger partial charge in [-0.3, -0.25) is 19.2 Å². The molecule has 0 unspecified atom stereocenters. The summed E-state index contributed by atoms with van der Waals surface area (Å²) in [5.74, 6) is -2.00. The normalized spacial score (nSPS) is 13.0. The van der Waals surface area contributed by atoms with E-state index in [4.69, 9.17) is 9.84 Å². The summed E-state index contributed by atoms with van der Waals surface area (Å²) in [5.41, 5.74) is 1.17. The smallest absolute Gasteiger partial charge is 0.303 e. The Balaban J connectivity index is 1.46. The number of nitrogens with one attached hydrogen (secondary N) is 2. The molecule has 0 radical (unpaired) electrons. The topological polar surface area (TPSA) is 145 Å². The first kappa shape index (κ1) is 27.3. The molecular weight excluding hydrogens is 478 g/mol. The van der Waals surface area contributed by atoms with Crippen molar-refractivity contribution in [3.8, 4) is 5.75 Å². The predicted molar refractivity (Wildman–Crippen MR) is 139 cm³/mol. The Morgan fingerprint density at radius 2 is 1.49 bits per heavy atom. The van der Waals surface area contributed by atoms with Crippen LogP contribution in [0.5, 0.6) is 5.75 Å². The number of aliphatic hydroxyl groups excluding tert-OH is 1. The molecule has 0 aliphatic carbocycles. The fourth-order valence-corrected chi connectivity index (χ4v) is 3.85. The highest BCUT2D eigenvalue weighted by Gasteiger charge is 2.36. The molecule has 1 aliphatic heterocycles. The van der Waals surface area contributed by atoms with Gasteiger partial charge in [0, 0.05) is 30.4 Å². The molecule has 2 aromatic carbocycles. The summed E-state index contributed by atoms with van der Waals surface area (Å²) >= 11 is 0. The third kappa shape index (κ3) is 8.09. The van der Waals surface area contributed by atoms with Crippen molar-refractivity contribution in [1.29, 1.82) is 0 Å². The lowest BCUT2D eigenvalue weighted by molar-refractivity contribution is -0.137. The number of benzene rings is 2. The van der Waals surface area contributed by atoms with E-state index in [1.165, 1.54) is 11.8 Å². The van der Waals surface area contributed by atoms with Gasteiger partial charge in [-0.15, -0.1) is 0 Å². The summed E-state index contributed by atoms with van der Waals surface area (Å²) in [7, 11) is 0. The van der Waals surface area contributed by atoms with Crippen LogP contribution in [-0.4, -0.2) is 47.1 Å². The number of amides is 3. The summed E-state index contributed by atoms with van der Waals surface area (Å²) in [6.07, 6.45) is 4.55. The Labute approximate surface area is 214 Å². The summed E-state index contributed by atoms with van der Waals surface area (Å²) in [5, 5.41) is 24.2. The molecule has 10 heteroatoms. The summed E-state index contributed by atoms with van der Waals surface area (Å²) < 4.78 is 5.70. The average molecular weight is 510 g/mol. The van der Waals surface area contributed by atoms with Crippen molar-refractivity contribution in [1.82, 2.24) is 0 Å². The number of aliphatic carboxylic acids is 1. The Morgan fingerprint density at radius 1 is 0.892 bits per heavy atom. The van der Waals surface area contributed by atoms with Crippen molar-refractivity contribution in [3.05, 3.63) is 59.9 Å². The number of ether oxygens (including phenoxy) is 1. The van der Waals surface area contributed by atoms with E-state index >= 15 is 0 Å². The van der Waals surface area contributed by atoms with Crippen molar-refractivity contribution in [2.45, 2.75) is 45.4 Å². The van der Waals surface area contributed by atoms with Crippen LogP contribution >= 0.6 is 0 Å². The Morgan fingerprint density at radius 3 is 2.14 bits per heavy atom. The van der Waals surface area contributed by atoms with E-state index in [1.54, 1.807) is 48.5 Å². The van der Waals surface area contributed by atoms with Crippen LogP contribution in [0.1, 0.15) is 45.4 Å². The van der Waals surface area contributed by atoms with Gasteiger partial charge in [0.1, 0.15) is 17.1 Å². The van der Waals surface area contributed by atoms with Gasteiger partial charge in [-0.2, -0.15) is 0 Å². The van der Waals surface area contributed by atoms with E-state index in [2.05, 4.69) is 10.6 Å². The zero-order valence-electron chi connectivity index (χ0n) is 20.7. The van der Waals surface area contributed by atoms with E-state index < -0.39 is 17.8 Å². The molecule has 196 valence electrons. The van der Waals surface area contributed by atoms with Crippen molar-refractivity contribution >= 4 is 40.8 Å². The molecule has 0 saturated heterocycles. The number of rotatable bonds is 13. The van der Waals surface area contributed by atoms with E-state index in [-0.39, 0.29) is 30.2 Å². The van der Waals surface area contributed by atoms with E-state index in [0.29, 0.717) is 35.8 Å². The molecule has 10 nitrogen and oxygen atoms in total. The second-order valence-corrected chi connectivity index (χ2v) is 8.68. The van der Waals surface area contributed by atoms with Gasteiger partial charge >= 0.3 is 5.97 Å². The number of unbranched alkanes of at least 4 members (excludes halogenated alkanes) is 4. The maximum Gasteiger partial charge on any atom is 0.303 e. The number of nitrogens with zero attached hydrogens (tertiary/aromatic N) is 1. The van der Waals surface area contributed by atoms with Crippen LogP contribution < -0.4 is 20.3 Å². The minimum absolute atomic E-state index is 0.132. The van der Waals surface area contributed by atoms with Crippen LogP contribution in [0, 0.1) is 0 Å². The van der Waals surface area contributed by atoms with Gasteiger partial charge in [0.05, 0.1) is 13.2 Å². The third-order valence-electron chi connectivity index (χ3n) is 5.70. The Hall–Kier alpha value is -4.34. The molecule has 3 rings (SSSR count). The Bertz CT molecular complexity index is 1160. The highest BCUT2D eigenvalue weighted by Crippen LogP contribution is 2.27. The molecule has 2 aromatic rings. The molecule has 0 spiro atoms. The van der Waals surface area contributed by atoms with Crippen LogP contribution in [0.2, 0.25) is 0 Å². The molecule has 0 saturated carbocycles. The largest absolute Gasteiger partial charge is 0.509 e. The number of carboxylic acid groups (broad SMARTS) is 1.